The summed E-state index contributed by atoms with van der Waals surface area (Å²) in [6.45, 7) is 2.31. The van der Waals surface area contributed by atoms with Gasteiger partial charge >= 0.3 is 0 Å². The van der Waals surface area contributed by atoms with E-state index in [9.17, 15) is 4.79 Å². The van der Waals surface area contributed by atoms with Gasteiger partial charge in [0.1, 0.15) is 0 Å². The van der Waals surface area contributed by atoms with Gasteiger partial charge in [-0.3, -0.25) is 9.36 Å². The number of thiazole rings is 1. The molecule has 5 rings (SSSR count). The van der Waals surface area contributed by atoms with E-state index in [0.717, 1.165) is 34.6 Å². The Balaban J connectivity index is 1.47. The lowest BCUT2D eigenvalue weighted by Gasteiger charge is -2.20. The van der Waals surface area contributed by atoms with Crippen molar-refractivity contribution in [2.75, 3.05) is 5.75 Å². The first-order valence-electron chi connectivity index (χ1n) is 9.33. The summed E-state index contributed by atoms with van der Waals surface area (Å²) in [4.78, 5) is 17.8. The lowest BCUT2D eigenvalue weighted by molar-refractivity contribution is 0.0943. The maximum Gasteiger partial charge on any atom is 0.241 e. The lowest BCUT2D eigenvalue weighted by Crippen LogP contribution is -2.20. The quantitative estimate of drug-likeness (QED) is 0.413. The molecule has 0 radical (unpaired) electrons. The van der Waals surface area contributed by atoms with Crippen LogP contribution in [0.1, 0.15) is 29.4 Å². The van der Waals surface area contributed by atoms with Crippen molar-refractivity contribution in [2.45, 2.75) is 30.5 Å². The zero-order valence-electron chi connectivity index (χ0n) is 15.1. The Kier molecular flexibility index (Phi) is 4.29. The van der Waals surface area contributed by atoms with Gasteiger partial charge in [-0.2, -0.15) is 0 Å². The summed E-state index contributed by atoms with van der Waals surface area (Å²) >= 11 is 3.21. The van der Waals surface area contributed by atoms with Crippen molar-refractivity contribution >= 4 is 50.1 Å². The molecule has 1 aliphatic carbocycles. The fourth-order valence-electron chi connectivity index (χ4n) is 4.07. The molecule has 2 aromatic heterocycles. The number of nitrogens with zero attached hydrogens (tertiary/aromatic N) is 2. The summed E-state index contributed by atoms with van der Waals surface area (Å²) in [5.41, 5.74) is 4.67. The first kappa shape index (κ1) is 17.0. The van der Waals surface area contributed by atoms with Gasteiger partial charge in [0.25, 0.3) is 0 Å². The smallest absolute Gasteiger partial charge is 0.241 e. The average Bonchev–Trinajstić information content (AvgIpc) is 3.24. The van der Waals surface area contributed by atoms with Crippen LogP contribution in [0.4, 0.5) is 0 Å². The Hall–Kier alpha value is -2.11. The van der Waals surface area contributed by atoms with E-state index < -0.39 is 0 Å². The first-order chi connectivity index (χ1) is 13.2. The van der Waals surface area contributed by atoms with E-state index in [4.69, 9.17) is 0 Å². The Morgan fingerprint density at radius 3 is 2.93 bits per heavy atom. The van der Waals surface area contributed by atoms with Crippen LogP contribution in [0.2, 0.25) is 0 Å². The molecule has 2 heterocycles. The van der Waals surface area contributed by atoms with Crippen molar-refractivity contribution in [1.82, 2.24) is 9.55 Å². The molecule has 0 N–H and O–H groups in total. The summed E-state index contributed by atoms with van der Waals surface area (Å²) in [5, 5.41) is 1.25. The zero-order chi connectivity index (χ0) is 18.4. The minimum Gasteiger partial charge on any atom is -0.283 e. The average molecular weight is 393 g/mol. The van der Waals surface area contributed by atoms with Gasteiger partial charge in [-0.15, -0.1) is 11.3 Å². The molecule has 0 bridgehead atoms. The molecule has 5 heteroatoms. The van der Waals surface area contributed by atoms with Crippen LogP contribution in [0.5, 0.6) is 0 Å². The lowest BCUT2D eigenvalue weighted by atomic mass is 9.88. The van der Waals surface area contributed by atoms with Crippen LogP contribution in [-0.4, -0.2) is 21.2 Å². The van der Waals surface area contributed by atoms with E-state index in [0.29, 0.717) is 11.7 Å². The van der Waals surface area contributed by atoms with E-state index in [2.05, 4.69) is 36.2 Å². The van der Waals surface area contributed by atoms with Crippen LogP contribution in [0, 0.1) is 5.92 Å². The highest BCUT2D eigenvalue weighted by atomic mass is 32.2. The number of benzene rings is 2. The SMILES string of the molecule is CC1CCc2c(c3ccccc3n2C(=O)CSc2nc3ccccc3s2)C1. The van der Waals surface area contributed by atoms with E-state index in [1.165, 1.54) is 21.3 Å². The van der Waals surface area contributed by atoms with Gasteiger partial charge in [-0.1, -0.05) is 49.0 Å². The van der Waals surface area contributed by atoms with E-state index in [-0.39, 0.29) is 5.91 Å². The highest BCUT2D eigenvalue weighted by Gasteiger charge is 2.25. The number of carbonyl (C=O) groups excluding carboxylic acids is 1. The van der Waals surface area contributed by atoms with Crippen LogP contribution >= 0.6 is 23.1 Å². The van der Waals surface area contributed by atoms with E-state index in [1.807, 2.05) is 28.8 Å². The van der Waals surface area contributed by atoms with Crippen LogP contribution in [0.15, 0.2) is 52.9 Å². The minimum absolute atomic E-state index is 0.159. The van der Waals surface area contributed by atoms with Crippen molar-refractivity contribution in [3.05, 3.63) is 59.8 Å². The number of hydrogen-bond acceptors (Lipinski definition) is 4. The van der Waals surface area contributed by atoms with Gasteiger partial charge in [0.15, 0.2) is 4.34 Å². The maximum absolute atomic E-state index is 13.2. The fourth-order valence-corrected chi connectivity index (χ4v) is 5.99. The van der Waals surface area contributed by atoms with Crippen LogP contribution in [0.3, 0.4) is 0 Å². The second kappa shape index (κ2) is 6.80. The first-order valence-corrected chi connectivity index (χ1v) is 11.1. The molecule has 0 saturated heterocycles. The molecule has 2 aromatic carbocycles. The summed E-state index contributed by atoms with van der Waals surface area (Å²) in [5.74, 6) is 1.26. The van der Waals surface area contributed by atoms with Crippen LogP contribution in [-0.2, 0) is 12.8 Å². The van der Waals surface area contributed by atoms with Crippen molar-refractivity contribution in [1.29, 1.82) is 0 Å². The van der Waals surface area contributed by atoms with Crippen LogP contribution in [0.25, 0.3) is 21.1 Å². The summed E-state index contributed by atoms with van der Waals surface area (Å²) in [7, 11) is 0. The minimum atomic E-state index is 0.159. The molecule has 0 spiro atoms. The summed E-state index contributed by atoms with van der Waals surface area (Å²) in [6, 6.07) is 16.5. The van der Waals surface area contributed by atoms with Gasteiger partial charge in [0, 0.05) is 11.1 Å². The normalized spacial score (nSPS) is 16.7. The molecule has 0 aliphatic heterocycles. The van der Waals surface area contributed by atoms with Crippen molar-refractivity contribution in [3.63, 3.8) is 0 Å². The number of fused-ring (bicyclic) bond motifs is 4. The molecule has 1 unspecified atom stereocenters. The van der Waals surface area contributed by atoms with E-state index >= 15 is 0 Å². The number of carbonyl (C=O) groups is 1. The molecular formula is C22H20N2OS2. The Morgan fingerprint density at radius 1 is 1.22 bits per heavy atom. The summed E-state index contributed by atoms with van der Waals surface area (Å²) in [6.07, 6.45) is 3.21. The van der Waals surface area contributed by atoms with Crippen molar-refractivity contribution in [3.8, 4) is 0 Å². The molecule has 1 atom stereocenters. The van der Waals surface area contributed by atoms with Gasteiger partial charge in [0.2, 0.25) is 5.91 Å². The third-order valence-corrected chi connectivity index (χ3v) is 7.52. The van der Waals surface area contributed by atoms with Gasteiger partial charge in [0.05, 0.1) is 21.5 Å². The van der Waals surface area contributed by atoms with E-state index in [1.54, 1.807) is 23.1 Å². The molecule has 0 fully saturated rings. The van der Waals surface area contributed by atoms with Gasteiger partial charge in [-0.05, 0) is 48.9 Å². The molecule has 1 aliphatic rings. The number of hydrogen-bond donors (Lipinski definition) is 0. The summed E-state index contributed by atoms with van der Waals surface area (Å²) < 4.78 is 4.12. The van der Waals surface area contributed by atoms with Crippen LogP contribution < -0.4 is 0 Å². The highest BCUT2D eigenvalue weighted by molar-refractivity contribution is 8.01. The topological polar surface area (TPSA) is 34.9 Å². The predicted molar refractivity (Wildman–Crippen MR) is 114 cm³/mol. The Labute approximate surface area is 166 Å². The Morgan fingerprint density at radius 2 is 2.04 bits per heavy atom. The van der Waals surface area contributed by atoms with Gasteiger partial charge in [-0.25, -0.2) is 4.98 Å². The molecule has 4 aromatic rings. The monoisotopic (exact) mass is 392 g/mol. The zero-order valence-corrected chi connectivity index (χ0v) is 16.8. The number of para-hydroxylation sites is 2. The third kappa shape index (κ3) is 2.99. The highest BCUT2D eigenvalue weighted by Crippen LogP contribution is 2.35. The predicted octanol–water partition coefficient (Wildman–Crippen LogP) is 5.81. The van der Waals surface area contributed by atoms with Gasteiger partial charge < -0.3 is 0 Å². The largest absolute Gasteiger partial charge is 0.283 e. The molecule has 0 amide bonds. The second-order valence-electron chi connectivity index (χ2n) is 7.26. The third-order valence-electron chi connectivity index (χ3n) is 5.36. The second-order valence-corrected chi connectivity index (χ2v) is 9.51. The molecule has 0 saturated carbocycles. The maximum atomic E-state index is 13.2. The van der Waals surface area contributed by atoms with Crippen molar-refractivity contribution in [2.24, 2.45) is 5.92 Å². The molecular weight excluding hydrogens is 372 g/mol. The Bertz CT molecular complexity index is 1120. The molecule has 27 heavy (non-hydrogen) atoms. The molecule has 3 nitrogen and oxygen atoms in total. The number of rotatable bonds is 3. The fraction of sp³-hybridized carbons (Fsp3) is 0.273. The number of thioether (sulfide) groups is 1. The standard InChI is InChI=1S/C22H20N2OS2/c1-14-10-11-19-16(12-14)15-6-2-4-8-18(15)24(19)21(25)13-26-22-23-17-7-3-5-9-20(17)27-22/h2-9,14H,10-13H2,1H3. The number of aromatic nitrogens is 2. The van der Waals surface area contributed by atoms with Crippen molar-refractivity contribution < 1.29 is 4.79 Å². The molecule has 136 valence electrons.